The minimum Gasteiger partial charge on any atom is -0.386 e. The normalized spacial score (nSPS) is 12.8. The fourth-order valence-corrected chi connectivity index (χ4v) is 4.81. The van der Waals surface area contributed by atoms with E-state index in [0.29, 0.717) is 17.2 Å². The predicted molar refractivity (Wildman–Crippen MR) is 145 cm³/mol. The summed E-state index contributed by atoms with van der Waals surface area (Å²) in [5.41, 5.74) is 2.67. The van der Waals surface area contributed by atoms with Gasteiger partial charge >= 0.3 is 7.82 Å². The number of benzene rings is 3. The van der Waals surface area contributed by atoms with Crippen LogP contribution in [0, 0.1) is 0 Å². The molecule has 0 aliphatic rings. The average molecular weight is 556 g/mol. The second-order valence-electron chi connectivity index (χ2n) is 9.71. The molecule has 4 nitrogen and oxygen atoms in total. The second-order valence-corrected chi connectivity index (χ2v) is 14.0. The molecule has 3 rings (SSSR count). The SMILES string of the molecule is CC(C)(Cl)c1ccc(OP(=O)(Oc2ccc(C(C)(C)Cl)cc2)Oc2ccc(C(C)(C)Cl)cc2)cc1. The monoisotopic (exact) mass is 554 g/mol. The minimum atomic E-state index is -4.15. The Labute approximate surface area is 223 Å². The van der Waals surface area contributed by atoms with Crippen LogP contribution in [0.15, 0.2) is 72.8 Å². The first-order chi connectivity index (χ1) is 16.1. The lowest BCUT2D eigenvalue weighted by atomic mass is 10.0. The molecule has 35 heavy (non-hydrogen) atoms. The zero-order valence-corrected chi connectivity index (χ0v) is 23.8. The van der Waals surface area contributed by atoms with Crippen LogP contribution < -0.4 is 13.6 Å². The van der Waals surface area contributed by atoms with Gasteiger partial charge < -0.3 is 13.6 Å². The Morgan fingerprint density at radius 2 is 0.686 bits per heavy atom. The number of alkyl halides is 3. The first kappa shape index (κ1) is 27.7. The van der Waals surface area contributed by atoms with E-state index in [4.69, 9.17) is 48.4 Å². The molecule has 8 heteroatoms. The lowest BCUT2D eigenvalue weighted by molar-refractivity contribution is 0.298. The van der Waals surface area contributed by atoms with Crippen LogP contribution >= 0.6 is 42.6 Å². The summed E-state index contributed by atoms with van der Waals surface area (Å²) < 4.78 is 31.2. The number of halogens is 3. The van der Waals surface area contributed by atoms with Crippen LogP contribution in [0.5, 0.6) is 17.2 Å². The van der Waals surface area contributed by atoms with Crippen molar-refractivity contribution in [3.63, 3.8) is 0 Å². The second kappa shape index (κ2) is 10.3. The molecule has 0 radical (unpaired) electrons. The highest BCUT2D eigenvalue weighted by molar-refractivity contribution is 7.49. The molecule has 0 fully saturated rings. The van der Waals surface area contributed by atoms with Crippen LogP contribution in [0.2, 0.25) is 0 Å². The van der Waals surface area contributed by atoms with Gasteiger partial charge in [0, 0.05) is 0 Å². The molecule has 0 aliphatic heterocycles. The molecule has 0 amide bonds. The van der Waals surface area contributed by atoms with Crippen LogP contribution in [-0.2, 0) is 19.2 Å². The van der Waals surface area contributed by atoms with E-state index in [9.17, 15) is 4.57 Å². The molecule has 0 N–H and O–H groups in total. The maximum Gasteiger partial charge on any atom is 0.647 e. The quantitative estimate of drug-likeness (QED) is 0.195. The van der Waals surface area contributed by atoms with Crippen LogP contribution in [0.4, 0.5) is 0 Å². The van der Waals surface area contributed by atoms with Crippen molar-refractivity contribution in [2.75, 3.05) is 0 Å². The summed E-state index contributed by atoms with van der Waals surface area (Å²) in [4.78, 5) is -1.65. The first-order valence-electron chi connectivity index (χ1n) is 11.1. The van der Waals surface area contributed by atoms with Crippen LogP contribution in [0.3, 0.4) is 0 Å². The Hall–Kier alpha value is -1.84. The van der Waals surface area contributed by atoms with Gasteiger partial charge in [-0.2, -0.15) is 4.57 Å². The summed E-state index contributed by atoms with van der Waals surface area (Å²) in [7, 11) is -4.15. The van der Waals surface area contributed by atoms with Crippen molar-refractivity contribution in [2.24, 2.45) is 0 Å². The molecule has 3 aromatic carbocycles. The van der Waals surface area contributed by atoms with E-state index in [-0.39, 0.29) is 0 Å². The molecule has 0 saturated heterocycles. The topological polar surface area (TPSA) is 44.8 Å². The van der Waals surface area contributed by atoms with E-state index in [0.717, 1.165) is 16.7 Å². The fraction of sp³-hybridized carbons (Fsp3) is 0.333. The number of phosphoric acid groups is 1. The predicted octanol–water partition coefficient (Wildman–Crippen LogP) is 9.75. The van der Waals surface area contributed by atoms with E-state index in [1.165, 1.54) is 0 Å². The lowest BCUT2D eigenvalue weighted by Gasteiger charge is -2.22. The zero-order chi connectivity index (χ0) is 26.1. The van der Waals surface area contributed by atoms with Gasteiger partial charge in [-0.3, -0.25) is 0 Å². The summed E-state index contributed by atoms with van der Waals surface area (Å²) in [6.45, 7) is 11.3. The highest BCUT2D eigenvalue weighted by atomic mass is 35.5. The standard InChI is InChI=1S/C27H30Cl3O4P/c1-25(2,28)19-7-13-22(14-8-19)32-35(31,33-23-15-9-20(10-16-23)26(3,4)29)34-24-17-11-21(12-18-24)27(5,6)30/h7-18H,1-6H3. The van der Waals surface area contributed by atoms with Crippen molar-refractivity contribution in [1.29, 1.82) is 0 Å². The summed E-state index contributed by atoms with van der Waals surface area (Å²) in [6, 6.07) is 20.9. The van der Waals surface area contributed by atoms with E-state index in [2.05, 4.69) is 0 Å². The van der Waals surface area contributed by atoms with Gasteiger partial charge in [-0.05, 0) is 94.6 Å². The molecule has 3 aromatic rings. The van der Waals surface area contributed by atoms with E-state index in [1.807, 2.05) is 41.5 Å². The molecule has 0 saturated carbocycles. The Kier molecular flexibility index (Phi) is 8.13. The van der Waals surface area contributed by atoms with Crippen molar-refractivity contribution in [1.82, 2.24) is 0 Å². The Balaban J connectivity index is 1.90. The molecule has 0 bridgehead atoms. The van der Waals surface area contributed by atoms with Crippen molar-refractivity contribution in [3.05, 3.63) is 89.5 Å². The van der Waals surface area contributed by atoms with E-state index < -0.39 is 22.4 Å². The third-order valence-electron chi connectivity index (χ3n) is 5.27. The molecule has 188 valence electrons. The molecule has 0 aliphatic carbocycles. The maximum absolute atomic E-state index is 13.8. The molecule has 0 spiro atoms. The fourth-order valence-electron chi connectivity index (χ4n) is 3.18. The van der Waals surface area contributed by atoms with Crippen molar-refractivity contribution in [2.45, 2.75) is 56.2 Å². The van der Waals surface area contributed by atoms with Crippen LogP contribution in [-0.4, -0.2) is 0 Å². The number of hydrogen-bond donors (Lipinski definition) is 0. The Morgan fingerprint density at radius 3 is 0.857 bits per heavy atom. The van der Waals surface area contributed by atoms with Gasteiger partial charge in [0.15, 0.2) is 0 Å². The van der Waals surface area contributed by atoms with E-state index >= 15 is 0 Å². The molecular formula is C27H30Cl3O4P. The summed E-state index contributed by atoms with van der Waals surface area (Å²) in [5.74, 6) is 0.945. The van der Waals surface area contributed by atoms with Crippen LogP contribution in [0.1, 0.15) is 58.2 Å². The van der Waals surface area contributed by atoms with Crippen molar-refractivity contribution >= 4 is 42.6 Å². The smallest absolute Gasteiger partial charge is 0.386 e. The summed E-state index contributed by atoms with van der Waals surface area (Å²) >= 11 is 19.2. The largest absolute Gasteiger partial charge is 0.647 e. The van der Waals surface area contributed by atoms with Crippen molar-refractivity contribution < 1.29 is 18.1 Å². The van der Waals surface area contributed by atoms with Crippen molar-refractivity contribution in [3.8, 4) is 17.2 Å². The molecule has 0 unspecified atom stereocenters. The third-order valence-corrected chi connectivity index (χ3v) is 7.23. The summed E-state index contributed by atoms with van der Waals surface area (Å²) in [5, 5.41) is 0. The van der Waals surface area contributed by atoms with Gasteiger partial charge in [-0.15, -0.1) is 34.8 Å². The highest BCUT2D eigenvalue weighted by Gasteiger charge is 2.34. The lowest BCUT2D eigenvalue weighted by Crippen LogP contribution is -2.10. The Bertz CT molecular complexity index is 1020. The molecule has 0 heterocycles. The van der Waals surface area contributed by atoms with Gasteiger partial charge in [0.2, 0.25) is 0 Å². The average Bonchev–Trinajstić information content (AvgIpc) is 2.72. The summed E-state index contributed by atoms with van der Waals surface area (Å²) in [6.07, 6.45) is 0. The zero-order valence-electron chi connectivity index (χ0n) is 20.6. The van der Waals surface area contributed by atoms with Gasteiger partial charge in [-0.1, -0.05) is 36.4 Å². The van der Waals surface area contributed by atoms with Gasteiger partial charge in [0.25, 0.3) is 0 Å². The number of rotatable bonds is 9. The minimum absolute atomic E-state index is 0.315. The molecular weight excluding hydrogens is 526 g/mol. The van der Waals surface area contributed by atoms with Gasteiger partial charge in [-0.25, -0.2) is 0 Å². The van der Waals surface area contributed by atoms with Gasteiger partial charge in [0.1, 0.15) is 17.2 Å². The number of hydrogen-bond acceptors (Lipinski definition) is 4. The highest BCUT2D eigenvalue weighted by Crippen LogP contribution is 2.50. The molecule has 0 aromatic heterocycles. The van der Waals surface area contributed by atoms with Crippen LogP contribution in [0.25, 0.3) is 0 Å². The molecule has 0 atom stereocenters. The first-order valence-corrected chi connectivity index (χ1v) is 13.7. The number of phosphoric ester groups is 1. The van der Waals surface area contributed by atoms with Gasteiger partial charge in [0.05, 0.1) is 14.6 Å². The maximum atomic E-state index is 13.8. The Morgan fingerprint density at radius 1 is 0.486 bits per heavy atom. The third kappa shape index (κ3) is 7.82. The van der Waals surface area contributed by atoms with E-state index in [1.54, 1.807) is 72.8 Å².